The highest BCUT2D eigenvalue weighted by atomic mass is 14.0. The van der Waals surface area contributed by atoms with Crippen LogP contribution < -0.4 is 0 Å². The third-order valence-corrected chi connectivity index (χ3v) is 2.56. The van der Waals surface area contributed by atoms with Crippen LogP contribution in [0.3, 0.4) is 0 Å². The van der Waals surface area contributed by atoms with E-state index in [0.717, 1.165) is 6.42 Å². The lowest BCUT2D eigenvalue weighted by Crippen LogP contribution is -1.68. The molecule has 0 spiro atoms. The molecular formula is C16H28. The van der Waals surface area contributed by atoms with E-state index in [1.54, 1.807) is 5.57 Å². The predicted molar refractivity (Wildman–Crippen MR) is 77.7 cm³/mol. The Hall–Kier alpha value is -1.04. The first-order valence-electron chi connectivity index (χ1n) is 5.57. The van der Waals surface area contributed by atoms with Gasteiger partial charge in [0.2, 0.25) is 0 Å². The first-order valence-corrected chi connectivity index (χ1v) is 5.57. The maximum atomic E-state index is 2.26. The minimum absolute atomic E-state index is 0. The predicted octanol–water partition coefficient (Wildman–Crippen LogP) is 5.84. The molecular weight excluding hydrogens is 192 g/mol. The van der Waals surface area contributed by atoms with Crippen LogP contribution >= 0.6 is 0 Å². The first-order chi connectivity index (χ1) is 6.86. The van der Waals surface area contributed by atoms with Gasteiger partial charge in [-0.15, -0.1) is 0 Å². The molecule has 0 heterocycles. The number of rotatable bonds is 2. The quantitative estimate of drug-likeness (QED) is 0.548. The highest BCUT2D eigenvalue weighted by molar-refractivity contribution is 5.25. The third-order valence-electron chi connectivity index (χ3n) is 2.56. The molecule has 0 unspecified atom stereocenters. The van der Waals surface area contributed by atoms with E-state index in [0.29, 0.717) is 0 Å². The fourth-order valence-corrected chi connectivity index (χ4v) is 1.52. The number of allylic oxidation sites excluding steroid dienone is 8. The van der Waals surface area contributed by atoms with Crippen molar-refractivity contribution in [3.63, 3.8) is 0 Å². The van der Waals surface area contributed by atoms with Gasteiger partial charge < -0.3 is 0 Å². The summed E-state index contributed by atoms with van der Waals surface area (Å²) in [6, 6.07) is 0. The van der Waals surface area contributed by atoms with Crippen molar-refractivity contribution in [2.45, 2.75) is 54.4 Å². The van der Waals surface area contributed by atoms with Crippen LogP contribution in [0.1, 0.15) is 54.4 Å². The van der Waals surface area contributed by atoms with Crippen molar-refractivity contribution in [2.75, 3.05) is 0 Å². The molecule has 2 rings (SSSR count). The number of hydrogen-bond acceptors (Lipinski definition) is 0. The zero-order valence-corrected chi connectivity index (χ0v) is 9.29. The van der Waals surface area contributed by atoms with Crippen molar-refractivity contribution >= 4 is 0 Å². The lowest BCUT2D eigenvalue weighted by atomic mass is 10.2. The standard InChI is InChI=1S/2C7H10.2CH4/c2*1-2-7-5-3-4-6-7;;/h3,5-6H,2,4H2,1H3;3-5H,2,6H2,1H3;2*1H4. The van der Waals surface area contributed by atoms with E-state index in [1.165, 1.54) is 24.8 Å². The van der Waals surface area contributed by atoms with Gasteiger partial charge in [-0.25, -0.2) is 0 Å². The molecule has 0 fully saturated rings. The van der Waals surface area contributed by atoms with E-state index >= 15 is 0 Å². The van der Waals surface area contributed by atoms with E-state index < -0.39 is 0 Å². The molecule has 0 aromatic carbocycles. The third kappa shape index (κ3) is 6.44. The van der Waals surface area contributed by atoms with Crippen LogP contribution in [-0.4, -0.2) is 0 Å². The summed E-state index contributed by atoms with van der Waals surface area (Å²) in [5.41, 5.74) is 3.04. The molecule has 2 aliphatic rings. The molecule has 92 valence electrons. The normalized spacial score (nSPS) is 15.4. The Labute approximate surface area is 102 Å². The Bertz CT molecular complexity index is 274. The summed E-state index contributed by atoms with van der Waals surface area (Å²) >= 11 is 0. The topological polar surface area (TPSA) is 0 Å². The molecule has 2 aliphatic carbocycles. The molecule has 0 heteroatoms. The minimum Gasteiger partial charge on any atom is -0.0805 e. The summed E-state index contributed by atoms with van der Waals surface area (Å²) in [5.74, 6) is 0. The summed E-state index contributed by atoms with van der Waals surface area (Å²) in [4.78, 5) is 0. The van der Waals surface area contributed by atoms with Gasteiger partial charge in [0.15, 0.2) is 0 Å². The monoisotopic (exact) mass is 220 g/mol. The highest BCUT2D eigenvalue weighted by Crippen LogP contribution is 2.12. The zero-order valence-electron chi connectivity index (χ0n) is 9.29. The number of hydrogen-bond donors (Lipinski definition) is 0. The summed E-state index contributed by atoms with van der Waals surface area (Å²) in [7, 11) is 0. The molecule has 16 heavy (non-hydrogen) atoms. The van der Waals surface area contributed by atoms with Crippen molar-refractivity contribution in [2.24, 2.45) is 0 Å². The molecule has 0 aliphatic heterocycles. The maximum Gasteiger partial charge on any atom is -0.0133 e. The zero-order chi connectivity index (χ0) is 10.2. The molecule has 0 aromatic heterocycles. The van der Waals surface area contributed by atoms with Crippen molar-refractivity contribution < 1.29 is 0 Å². The summed E-state index contributed by atoms with van der Waals surface area (Å²) in [6.07, 6.45) is 17.9. The van der Waals surface area contributed by atoms with Gasteiger partial charge in [0.05, 0.1) is 0 Å². The summed E-state index contributed by atoms with van der Waals surface area (Å²) < 4.78 is 0. The smallest absolute Gasteiger partial charge is 0.0133 e. The molecule has 0 atom stereocenters. The molecule has 0 saturated carbocycles. The van der Waals surface area contributed by atoms with Crippen molar-refractivity contribution in [1.29, 1.82) is 0 Å². The SMILES string of the molecule is C.C.CCC1=CC=CC1.CCC1=CCC=C1. The molecule has 0 N–H and O–H groups in total. The van der Waals surface area contributed by atoms with E-state index in [-0.39, 0.29) is 14.9 Å². The van der Waals surface area contributed by atoms with Gasteiger partial charge in [-0.3, -0.25) is 0 Å². The van der Waals surface area contributed by atoms with Crippen LogP contribution in [0.4, 0.5) is 0 Å². The van der Waals surface area contributed by atoms with Crippen LogP contribution in [0.5, 0.6) is 0 Å². The molecule has 0 amide bonds. The van der Waals surface area contributed by atoms with Gasteiger partial charge >= 0.3 is 0 Å². The van der Waals surface area contributed by atoms with Gasteiger partial charge in [-0.05, 0) is 25.7 Å². The highest BCUT2D eigenvalue weighted by Gasteiger charge is 1.92. The fourth-order valence-electron chi connectivity index (χ4n) is 1.52. The van der Waals surface area contributed by atoms with Crippen LogP contribution in [0.15, 0.2) is 47.6 Å². The average molecular weight is 220 g/mol. The minimum atomic E-state index is 0. The first kappa shape index (κ1) is 17.4. The van der Waals surface area contributed by atoms with Crippen LogP contribution in [0, 0.1) is 0 Å². The van der Waals surface area contributed by atoms with E-state index in [2.05, 4.69) is 50.3 Å². The molecule has 0 nitrogen and oxygen atoms in total. The van der Waals surface area contributed by atoms with Gasteiger partial charge in [-0.2, -0.15) is 0 Å². The second-order valence-electron chi connectivity index (χ2n) is 3.58. The van der Waals surface area contributed by atoms with E-state index in [4.69, 9.17) is 0 Å². The van der Waals surface area contributed by atoms with Crippen LogP contribution in [-0.2, 0) is 0 Å². The van der Waals surface area contributed by atoms with Gasteiger partial charge in [0, 0.05) is 0 Å². The van der Waals surface area contributed by atoms with Crippen molar-refractivity contribution in [3.8, 4) is 0 Å². The van der Waals surface area contributed by atoms with Gasteiger partial charge in [0.1, 0.15) is 0 Å². The Kier molecular flexibility index (Phi) is 11.4. The van der Waals surface area contributed by atoms with E-state index in [1.807, 2.05) is 0 Å². The Morgan fingerprint density at radius 2 is 1.81 bits per heavy atom. The Balaban J connectivity index is 0. The summed E-state index contributed by atoms with van der Waals surface area (Å²) in [5, 5.41) is 0. The Morgan fingerprint density at radius 1 is 1.06 bits per heavy atom. The summed E-state index contributed by atoms with van der Waals surface area (Å²) in [6.45, 7) is 4.38. The van der Waals surface area contributed by atoms with Crippen molar-refractivity contribution in [3.05, 3.63) is 47.6 Å². The molecule has 0 radical (unpaired) electrons. The largest absolute Gasteiger partial charge is 0.0805 e. The Morgan fingerprint density at radius 3 is 2.06 bits per heavy atom. The van der Waals surface area contributed by atoms with Crippen LogP contribution in [0.25, 0.3) is 0 Å². The molecule has 0 aromatic rings. The maximum absolute atomic E-state index is 2.26. The fraction of sp³-hybridized carbons (Fsp3) is 0.500. The second-order valence-corrected chi connectivity index (χ2v) is 3.58. The van der Waals surface area contributed by atoms with Gasteiger partial charge in [0.25, 0.3) is 0 Å². The van der Waals surface area contributed by atoms with E-state index in [9.17, 15) is 0 Å². The molecule has 0 bridgehead atoms. The lowest BCUT2D eigenvalue weighted by Gasteiger charge is -1.88. The van der Waals surface area contributed by atoms with Crippen LogP contribution in [0.2, 0.25) is 0 Å². The average Bonchev–Trinajstić information content (AvgIpc) is 2.92. The lowest BCUT2D eigenvalue weighted by molar-refractivity contribution is 1.05. The van der Waals surface area contributed by atoms with Crippen molar-refractivity contribution in [1.82, 2.24) is 0 Å². The van der Waals surface area contributed by atoms with Gasteiger partial charge in [-0.1, -0.05) is 76.3 Å². The molecule has 0 saturated heterocycles. The second kappa shape index (κ2) is 10.5.